The number of fused-ring (bicyclic) bond motifs is 1. The van der Waals surface area contributed by atoms with Gasteiger partial charge in [0, 0.05) is 23.7 Å². The molecule has 1 saturated heterocycles. The normalized spacial score (nSPS) is 16.8. The summed E-state index contributed by atoms with van der Waals surface area (Å²) in [6, 6.07) is 3.41. The zero-order valence-electron chi connectivity index (χ0n) is 13.8. The molecule has 1 fully saturated rings. The first kappa shape index (κ1) is 17.4. The fourth-order valence-corrected chi connectivity index (χ4v) is 3.57. The number of hydrogen-bond donors (Lipinski definition) is 2. The van der Waals surface area contributed by atoms with Gasteiger partial charge in [-0.05, 0) is 44.1 Å². The first-order valence-corrected chi connectivity index (χ1v) is 8.44. The molecule has 1 atom stereocenters. The van der Waals surface area contributed by atoms with Gasteiger partial charge in [0.15, 0.2) is 0 Å². The van der Waals surface area contributed by atoms with E-state index in [0.717, 1.165) is 19.3 Å². The third kappa shape index (κ3) is 3.66. The summed E-state index contributed by atoms with van der Waals surface area (Å²) < 4.78 is 15.3. The number of rotatable bonds is 6. The van der Waals surface area contributed by atoms with Crippen LogP contribution in [0.4, 0.5) is 4.39 Å². The number of benzene rings is 1. The van der Waals surface area contributed by atoms with Gasteiger partial charge in [-0.3, -0.25) is 14.5 Å². The third-order valence-electron chi connectivity index (χ3n) is 4.73. The maximum absolute atomic E-state index is 13.7. The van der Waals surface area contributed by atoms with Crippen LogP contribution in [0.3, 0.4) is 0 Å². The lowest BCUT2D eigenvalue weighted by atomic mass is 10.0. The van der Waals surface area contributed by atoms with Crippen LogP contribution in [0, 0.1) is 5.82 Å². The monoisotopic (exact) mass is 348 g/mol. The molecule has 2 N–H and O–H groups in total. The Morgan fingerprint density at radius 3 is 2.52 bits per heavy atom. The van der Waals surface area contributed by atoms with Crippen LogP contribution < -0.4 is 0 Å². The van der Waals surface area contributed by atoms with E-state index in [1.165, 1.54) is 12.1 Å². The molecule has 0 saturated carbocycles. The molecule has 6 nitrogen and oxygen atoms in total. The van der Waals surface area contributed by atoms with Crippen LogP contribution in [0.1, 0.15) is 37.3 Å². The SMILES string of the molecule is O=C(O)CCn1cc(C(C(=O)O)N2CCCCC2)c2ccc(F)cc21. The van der Waals surface area contributed by atoms with E-state index in [-0.39, 0.29) is 13.0 Å². The van der Waals surface area contributed by atoms with E-state index in [0.29, 0.717) is 29.6 Å². The lowest BCUT2D eigenvalue weighted by Crippen LogP contribution is -2.37. The second kappa shape index (κ2) is 7.23. The molecular weight excluding hydrogens is 327 g/mol. The van der Waals surface area contributed by atoms with Crippen LogP contribution in [0.25, 0.3) is 10.9 Å². The summed E-state index contributed by atoms with van der Waals surface area (Å²) in [5.74, 6) is -2.33. The zero-order chi connectivity index (χ0) is 18.0. The van der Waals surface area contributed by atoms with E-state index in [2.05, 4.69) is 0 Å². The number of aromatic nitrogens is 1. The van der Waals surface area contributed by atoms with Crippen molar-refractivity contribution in [3.63, 3.8) is 0 Å². The number of piperidine rings is 1. The Bertz CT molecular complexity index is 796. The molecule has 1 aromatic heterocycles. The van der Waals surface area contributed by atoms with Crippen LogP contribution in [-0.2, 0) is 16.1 Å². The third-order valence-corrected chi connectivity index (χ3v) is 4.73. The lowest BCUT2D eigenvalue weighted by Gasteiger charge is -2.31. The van der Waals surface area contributed by atoms with E-state index < -0.39 is 23.8 Å². The number of aliphatic carboxylic acids is 2. The Morgan fingerprint density at radius 1 is 1.16 bits per heavy atom. The van der Waals surface area contributed by atoms with E-state index in [1.54, 1.807) is 16.8 Å². The molecule has 0 aliphatic carbocycles. The molecule has 1 aromatic carbocycles. The summed E-state index contributed by atoms with van der Waals surface area (Å²) in [6.07, 6.45) is 4.56. The summed E-state index contributed by atoms with van der Waals surface area (Å²) in [4.78, 5) is 24.8. The Hall–Kier alpha value is -2.41. The van der Waals surface area contributed by atoms with Crippen LogP contribution in [0.15, 0.2) is 24.4 Å². The predicted molar refractivity (Wildman–Crippen MR) is 89.9 cm³/mol. The van der Waals surface area contributed by atoms with Crippen molar-refractivity contribution in [2.75, 3.05) is 13.1 Å². The van der Waals surface area contributed by atoms with Crippen molar-refractivity contribution in [1.29, 1.82) is 0 Å². The number of likely N-dealkylation sites (tertiary alicyclic amines) is 1. The average Bonchev–Trinajstić information content (AvgIpc) is 2.91. The van der Waals surface area contributed by atoms with Crippen molar-refractivity contribution in [3.05, 3.63) is 35.8 Å². The average molecular weight is 348 g/mol. The van der Waals surface area contributed by atoms with Gasteiger partial charge in [0.25, 0.3) is 0 Å². The largest absolute Gasteiger partial charge is 0.481 e. The van der Waals surface area contributed by atoms with E-state index in [9.17, 15) is 19.1 Å². The van der Waals surface area contributed by atoms with E-state index in [1.807, 2.05) is 4.90 Å². The number of carbonyl (C=O) groups is 2. The van der Waals surface area contributed by atoms with Crippen LogP contribution in [0.2, 0.25) is 0 Å². The molecule has 3 rings (SSSR count). The molecule has 1 aliphatic rings. The Labute approximate surface area is 144 Å². The highest BCUT2D eigenvalue weighted by molar-refractivity contribution is 5.90. The van der Waals surface area contributed by atoms with Crippen molar-refractivity contribution in [1.82, 2.24) is 9.47 Å². The molecular formula is C18H21FN2O4. The molecule has 7 heteroatoms. The van der Waals surface area contributed by atoms with Gasteiger partial charge < -0.3 is 14.8 Å². The summed E-state index contributed by atoms with van der Waals surface area (Å²) in [6.45, 7) is 1.58. The molecule has 134 valence electrons. The Balaban J connectivity index is 2.06. The minimum atomic E-state index is -0.953. The van der Waals surface area contributed by atoms with Crippen molar-refractivity contribution >= 4 is 22.8 Å². The number of aryl methyl sites for hydroxylation is 1. The van der Waals surface area contributed by atoms with Crippen molar-refractivity contribution in [3.8, 4) is 0 Å². The van der Waals surface area contributed by atoms with Crippen LogP contribution in [0.5, 0.6) is 0 Å². The van der Waals surface area contributed by atoms with Gasteiger partial charge >= 0.3 is 11.9 Å². The fourth-order valence-electron chi connectivity index (χ4n) is 3.57. The standard InChI is InChI=1S/C18H21FN2O4/c19-12-4-5-13-14(11-21(15(13)10-12)9-6-16(22)23)17(18(24)25)20-7-2-1-3-8-20/h4-5,10-11,17H,1-3,6-9H2,(H,22,23)(H,24,25). The molecule has 0 spiro atoms. The highest BCUT2D eigenvalue weighted by Gasteiger charge is 2.31. The fraction of sp³-hybridized carbons (Fsp3) is 0.444. The zero-order valence-corrected chi connectivity index (χ0v) is 13.8. The number of carboxylic acids is 2. The number of hydrogen-bond acceptors (Lipinski definition) is 3. The molecule has 0 amide bonds. The van der Waals surface area contributed by atoms with Gasteiger partial charge in [-0.25, -0.2) is 4.39 Å². The lowest BCUT2D eigenvalue weighted by molar-refractivity contribution is -0.144. The van der Waals surface area contributed by atoms with Crippen molar-refractivity contribution < 1.29 is 24.2 Å². The van der Waals surface area contributed by atoms with Crippen molar-refractivity contribution in [2.24, 2.45) is 0 Å². The Kier molecular flexibility index (Phi) is 5.03. The summed E-state index contributed by atoms with van der Waals surface area (Å²) >= 11 is 0. The maximum atomic E-state index is 13.7. The topological polar surface area (TPSA) is 82.8 Å². The molecule has 0 bridgehead atoms. The van der Waals surface area contributed by atoms with E-state index >= 15 is 0 Å². The molecule has 1 unspecified atom stereocenters. The van der Waals surface area contributed by atoms with Crippen LogP contribution in [-0.4, -0.2) is 44.7 Å². The first-order chi connectivity index (χ1) is 12.0. The molecule has 0 radical (unpaired) electrons. The number of halogens is 1. The second-order valence-corrected chi connectivity index (χ2v) is 6.42. The quantitative estimate of drug-likeness (QED) is 0.839. The van der Waals surface area contributed by atoms with Gasteiger partial charge in [-0.15, -0.1) is 0 Å². The Morgan fingerprint density at radius 2 is 1.88 bits per heavy atom. The highest BCUT2D eigenvalue weighted by atomic mass is 19.1. The highest BCUT2D eigenvalue weighted by Crippen LogP contribution is 2.32. The number of nitrogens with zero attached hydrogens (tertiary/aromatic N) is 2. The molecule has 2 aromatic rings. The first-order valence-electron chi connectivity index (χ1n) is 8.44. The van der Waals surface area contributed by atoms with Gasteiger partial charge in [0.05, 0.1) is 11.9 Å². The molecule has 1 aliphatic heterocycles. The van der Waals surface area contributed by atoms with E-state index in [4.69, 9.17) is 5.11 Å². The van der Waals surface area contributed by atoms with Gasteiger partial charge in [-0.2, -0.15) is 0 Å². The van der Waals surface area contributed by atoms with Gasteiger partial charge in [0.1, 0.15) is 11.9 Å². The van der Waals surface area contributed by atoms with Gasteiger partial charge in [-0.1, -0.05) is 6.42 Å². The molecule has 2 heterocycles. The summed E-state index contributed by atoms with van der Waals surface area (Å²) in [5, 5.41) is 19.4. The minimum Gasteiger partial charge on any atom is -0.481 e. The summed E-state index contributed by atoms with van der Waals surface area (Å²) in [7, 11) is 0. The summed E-state index contributed by atoms with van der Waals surface area (Å²) in [5.41, 5.74) is 1.12. The predicted octanol–water partition coefficient (Wildman–Crippen LogP) is 2.87. The number of carboxylic acid groups (broad SMARTS) is 2. The minimum absolute atomic E-state index is 0.110. The maximum Gasteiger partial charge on any atom is 0.325 e. The van der Waals surface area contributed by atoms with Gasteiger partial charge in [0.2, 0.25) is 0 Å². The van der Waals surface area contributed by atoms with Crippen molar-refractivity contribution in [2.45, 2.75) is 38.3 Å². The van der Waals surface area contributed by atoms with Crippen LogP contribution >= 0.6 is 0 Å². The smallest absolute Gasteiger partial charge is 0.325 e. The second-order valence-electron chi connectivity index (χ2n) is 6.42. The molecule has 25 heavy (non-hydrogen) atoms.